The molecule has 3 aromatic rings. The summed E-state index contributed by atoms with van der Waals surface area (Å²) in [6.45, 7) is 6.64. The van der Waals surface area contributed by atoms with E-state index in [9.17, 15) is 18.0 Å². The lowest BCUT2D eigenvalue weighted by molar-refractivity contribution is -0.139. The number of nitrogens with one attached hydrogen (secondary N) is 1. The maximum absolute atomic E-state index is 14.1. The van der Waals surface area contributed by atoms with Crippen molar-refractivity contribution in [1.82, 2.24) is 10.2 Å². The molecule has 0 heterocycles. The van der Waals surface area contributed by atoms with Crippen molar-refractivity contribution < 1.29 is 22.7 Å². The maximum atomic E-state index is 14.1. The number of sulfonamides is 1. The van der Waals surface area contributed by atoms with Crippen molar-refractivity contribution in [2.45, 2.75) is 57.6 Å². The molecule has 0 unspecified atom stereocenters. The largest absolute Gasteiger partial charge is 0.495 e. The van der Waals surface area contributed by atoms with Gasteiger partial charge in [0, 0.05) is 12.6 Å². The van der Waals surface area contributed by atoms with Crippen molar-refractivity contribution in [1.29, 1.82) is 0 Å². The Morgan fingerprint density at radius 3 is 2.27 bits per heavy atom. The maximum Gasteiger partial charge on any atom is 0.264 e. The van der Waals surface area contributed by atoms with E-state index in [0.29, 0.717) is 22.0 Å². The Bertz CT molecular complexity index is 1480. The van der Waals surface area contributed by atoms with Crippen molar-refractivity contribution in [3.8, 4) is 5.75 Å². The average molecular weight is 621 g/mol. The highest BCUT2D eigenvalue weighted by atomic mass is 35.5. The molecule has 0 aromatic heterocycles. The molecule has 8 nitrogen and oxygen atoms in total. The number of carbonyl (C=O) groups is 2. The number of ether oxygens (including phenoxy) is 1. The number of halogens is 2. The number of methoxy groups -OCH3 is 1. The quantitative estimate of drug-likeness (QED) is 0.275. The second-order valence-electron chi connectivity index (χ2n) is 9.76. The fourth-order valence-corrected chi connectivity index (χ4v) is 5.87. The van der Waals surface area contributed by atoms with Crippen LogP contribution < -0.4 is 14.4 Å². The molecule has 2 atom stereocenters. The topological polar surface area (TPSA) is 96.0 Å². The molecule has 1 N–H and O–H groups in total. The standard InChI is InChI=1S/C30H35Cl2N3O5S/c1-6-21(3)33-30(37)22(4)34(18-23-13-14-25(31)26(32)17-23)29(36)19-35(27-16-20(2)12-15-28(27)40-5)41(38,39)24-10-8-7-9-11-24/h7-17,21-22H,6,18-19H2,1-5H3,(H,33,37)/t21-,22+/m1/s1. The van der Waals surface area contributed by atoms with E-state index < -0.39 is 28.5 Å². The van der Waals surface area contributed by atoms with Crippen LogP contribution in [-0.2, 0) is 26.2 Å². The number of hydrogen-bond acceptors (Lipinski definition) is 5. The normalized spacial score (nSPS) is 12.8. The Balaban J connectivity index is 2.10. The van der Waals surface area contributed by atoms with Gasteiger partial charge in [-0.3, -0.25) is 13.9 Å². The van der Waals surface area contributed by atoms with Crippen molar-refractivity contribution in [3.63, 3.8) is 0 Å². The first-order valence-electron chi connectivity index (χ1n) is 13.1. The van der Waals surface area contributed by atoms with Gasteiger partial charge in [0.1, 0.15) is 18.3 Å². The minimum absolute atomic E-state index is 0.00497. The van der Waals surface area contributed by atoms with Gasteiger partial charge in [0.25, 0.3) is 10.0 Å². The summed E-state index contributed by atoms with van der Waals surface area (Å²) in [7, 11) is -2.79. The van der Waals surface area contributed by atoms with Gasteiger partial charge in [-0.05, 0) is 74.7 Å². The van der Waals surface area contributed by atoms with Crippen molar-refractivity contribution >= 4 is 50.7 Å². The van der Waals surface area contributed by atoms with E-state index in [2.05, 4.69) is 5.32 Å². The van der Waals surface area contributed by atoms with Crippen LogP contribution in [0.3, 0.4) is 0 Å². The van der Waals surface area contributed by atoms with Gasteiger partial charge in [-0.15, -0.1) is 0 Å². The van der Waals surface area contributed by atoms with Gasteiger partial charge >= 0.3 is 0 Å². The molecule has 0 aliphatic carbocycles. The molecular weight excluding hydrogens is 585 g/mol. The zero-order chi connectivity index (χ0) is 30.3. The van der Waals surface area contributed by atoms with E-state index in [-0.39, 0.29) is 34.8 Å². The third kappa shape index (κ3) is 7.93. The average Bonchev–Trinajstić information content (AvgIpc) is 2.96. The fourth-order valence-electron chi connectivity index (χ4n) is 4.11. The Morgan fingerprint density at radius 2 is 1.66 bits per heavy atom. The summed E-state index contributed by atoms with van der Waals surface area (Å²) in [5.74, 6) is -0.675. The highest BCUT2D eigenvalue weighted by Crippen LogP contribution is 2.34. The summed E-state index contributed by atoms with van der Waals surface area (Å²) in [6, 6.07) is 16.8. The number of carbonyl (C=O) groups excluding carboxylic acids is 2. The number of aryl methyl sites for hydroxylation is 1. The lowest BCUT2D eigenvalue weighted by Crippen LogP contribution is -2.52. The lowest BCUT2D eigenvalue weighted by Gasteiger charge is -2.33. The van der Waals surface area contributed by atoms with Gasteiger partial charge in [-0.25, -0.2) is 8.42 Å². The molecular formula is C30H35Cl2N3O5S. The Kier molecular flexibility index (Phi) is 11.1. The van der Waals surface area contributed by atoms with Crippen molar-refractivity contribution in [2.24, 2.45) is 0 Å². The fraction of sp³-hybridized carbons (Fsp3) is 0.333. The van der Waals surface area contributed by atoms with Crippen LogP contribution in [0, 0.1) is 6.92 Å². The van der Waals surface area contributed by atoms with E-state index in [0.717, 1.165) is 9.87 Å². The zero-order valence-corrected chi connectivity index (χ0v) is 26.1. The van der Waals surface area contributed by atoms with Gasteiger partial charge in [0.15, 0.2) is 0 Å². The minimum atomic E-state index is -4.22. The molecule has 0 bridgehead atoms. The SMILES string of the molecule is CC[C@@H](C)NC(=O)[C@H](C)N(Cc1ccc(Cl)c(Cl)c1)C(=O)CN(c1cc(C)ccc1OC)S(=O)(=O)c1ccccc1. The molecule has 0 spiro atoms. The van der Waals surface area contributed by atoms with E-state index >= 15 is 0 Å². The van der Waals surface area contributed by atoms with E-state index in [1.807, 2.05) is 20.8 Å². The van der Waals surface area contributed by atoms with Crippen LogP contribution in [0.15, 0.2) is 71.6 Å². The molecule has 0 radical (unpaired) electrons. The van der Waals surface area contributed by atoms with Gasteiger partial charge in [0.2, 0.25) is 11.8 Å². The number of amides is 2. The number of hydrogen-bond donors (Lipinski definition) is 1. The van der Waals surface area contributed by atoms with Gasteiger partial charge in [-0.2, -0.15) is 0 Å². The van der Waals surface area contributed by atoms with Gasteiger partial charge < -0.3 is 15.0 Å². The molecule has 0 saturated carbocycles. The van der Waals surface area contributed by atoms with Crippen LogP contribution in [0.5, 0.6) is 5.75 Å². The summed E-state index contributed by atoms with van der Waals surface area (Å²) in [4.78, 5) is 28.6. The minimum Gasteiger partial charge on any atom is -0.495 e. The Labute approximate surface area is 252 Å². The molecule has 2 amide bonds. The summed E-state index contributed by atoms with van der Waals surface area (Å²) in [6.07, 6.45) is 0.704. The lowest BCUT2D eigenvalue weighted by atomic mass is 10.1. The zero-order valence-electron chi connectivity index (χ0n) is 23.7. The Hall–Kier alpha value is -3.27. The second kappa shape index (κ2) is 14.1. The van der Waals surface area contributed by atoms with Crippen LogP contribution in [0.1, 0.15) is 38.3 Å². The summed E-state index contributed by atoms with van der Waals surface area (Å²) >= 11 is 12.3. The van der Waals surface area contributed by atoms with Crippen LogP contribution in [-0.4, -0.2) is 50.9 Å². The highest BCUT2D eigenvalue weighted by Gasteiger charge is 2.34. The van der Waals surface area contributed by atoms with E-state index in [4.69, 9.17) is 27.9 Å². The molecule has 3 aromatic carbocycles. The summed E-state index contributed by atoms with van der Waals surface area (Å²) < 4.78 is 34.5. The third-order valence-electron chi connectivity index (χ3n) is 6.72. The molecule has 0 aliphatic heterocycles. The molecule has 41 heavy (non-hydrogen) atoms. The first kappa shape index (κ1) is 32.2. The van der Waals surface area contributed by atoms with Crippen LogP contribution >= 0.6 is 23.2 Å². The predicted octanol–water partition coefficient (Wildman–Crippen LogP) is 5.84. The number of benzene rings is 3. The van der Waals surface area contributed by atoms with E-state index in [1.165, 1.54) is 24.1 Å². The summed E-state index contributed by atoms with van der Waals surface area (Å²) in [5.41, 5.74) is 1.60. The molecule has 3 rings (SSSR count). The van der Waals surface area contributed by atoms with Crippen LogP contribution in [0.25, 0.3) is 0 Å². The monoisotopic (exact) mass is 619 g/mol. The van der Waals surface area contributed by atoms with Gasteiger partial charge in [0.05, 0.1) is 27.7 Å². The smallest absolute Gasteiger partial charge is 0.264 e. The number of anilines is 1. The first-order chi connectivity index (χ1) is 19.4. The van der Waals surface area contributed by atoms with Crippen LogP contribution in [0.2, 0.25) is 10.0 Å². The van der Waals surface area contributed by atoms with Crippen LogP contribution in [0.4, 0.5) is 5.69 Å². The second-order valence-corrected chi connectivity index (χ2v) is 12.4. The van der Waals surface area contributed by atoms with Gasteiger partial charge in [-0.1, -0.05) is 60.5 Å². The summed E-state index contributed by atoms with van der Waals surface area (Å²) in [5, 5.41) is 3.55. The van der Waals surface area contributed by atoms with Crippen molar-refractivity contribution in [3.05, 3.63) is 87.9 Å². The Morgan fingerprint density at radius 1 is 0.976 bits per heavy atom. The highest BCUT2D eigenvalue weighted by molar-refractivity contribution is 7.92. The van der Waals surface area contributed by atoms with E-state index in [1.54, 1.807) is 61.5 Å². The third-order valence-corrected chi connectivity index (χ3v) is 9.23. The molecule has 0 aliphatic rings. The van der Waals surface area contributed by atoms with Crippen molar-refractivity contribution in [2.75, 3.05) is 18.0 Å². The number of rotatable bonds is 12. The number of nitrogens with zero attached hydrogens (tertiary/aromatic N) is 2. The first-order valence-corrected chi connectivity index (χ1v) is 15.3. The molecule has 220 valence electrons. The predicted molar refractivity (Wildman–Crippen MR) is 163 cm³/mol. The molecule has 0 saturated heterocycles. The molecule has 0 fully saturated rings. The molecule has 11 heteroatoms.